The van der Waals surface area contributed by atoms with E-state index in [1.807, 2.05) is 0 Å². The first-order valence-corrected chi connectivity index (χ1v) is 5.30. The van der Waals surface area contributed by atoms with Crippen molar-refractivity contribution in [3.63, 3.8) is 0 Å². The zero-order valence-electron chi connectivity index (χ0n) is 9.06. The molecule has 0 saturated heterocycles. The fraction of sp³-hybridized carbons (Fsp3) is 0.500. The molecule has 0 spiro atoms. The first-order valence-electron chi connectivity index (χ1n) is 5.30. The van der Waals surface area contributed by atoms with Crippen LogP contribution in [0.5, 0.6) is 0 Å². The van der Waals surface area contributed by atoms with E-state index in [9.17, 15) is 0 Å². The molecule has 0 atom stereocenters. The summed E-state index contributed by atoms with van der Waals surface area (Å²) >= 11 is 0. The molecule has 70 valence electrons. The van der Waals surface area contributed by atoms with Crippen LogP contribution in [0.4, 0.5) is 0 Å². The second kappa shape index (κ2) is 5.11. The van der Waals surface area contributed by atoms with Crippen LogP contribution in [-0.2, 0) is 6.42 Å². The molecule has 1 rings (SSSR count). The summed E-state index contributed by atoms with van der Waals surface area (Å²) in [5.41, 5.74) is 4.37. The molecule has 0 saturated carbocycles. The van der Waals surface area contributed by atoms with Crippen molar-refractivity contribution in [2.24, 2.45) is 0 Å². The van der Waals surface area contributed by atoms with E-state index in [1.54, 1.807) is 0 Å². The van der Waals surface area contributed by atoms with E-state index >= 15 is 0 Å². The third-order valence-corrected chi connectivity index (χ3v) is 2.55. The lowest BCUT2D eigenvalue weighted by molar-refractivity contribution is 0.789. The second-order valence-corrected chi connectivity index (χ2v) is 3.89. The van der Waals surface area contributed by atoms with Gasteiger partial charge in [0, 0.05) is 0 Å². The molecule has 0 fully saturated rings. The maximum absolute atomic E-state index is 2.32. The topological polar surface area (TPSA) is 0 Å². The van der Waals surface area contributed by atoms with Gasteiger partial charge in [-0.25, -0.2) is 0 Å². The molecule has 0 unspecified atom stereocenters. The Kier molecular flexibility index (Phi) is 4.07. The molecule has 0 radical (unpaired) electrons. The van der Waals surface area contributed by atoms with Gasteiger partial charge in [-0.05, 0) is 37.8 Å². The summed E-state index contributed by atoms with van der Waals surface area (Å²) in [6.45, 7) is 4.38. The molecule has 0 bridgehead atoms. The molecule has 1 aromatic carbocycles. The molecule has 0 N–H and O–H groups in total. The van der Waals surface area contributed by atoms with Crippen LogP contribution in [0.1, 0.15) is 29.5 Å². The number of hydrogen-bond donors (Lipinski definition) is 0. The SMILES string of the molecule is BCCCCc1cc(C)ccc1C. The van der Waals surface area contributed by atoms with E-state index in [4.69, 9.17) is 0 Å². The lowest BCUT2D eigenvalue weighted by atomic mass is 9.95. The standard InChI is InChI=1S/C12H19B/c1-10-6-7-11(2)12(9-10)5-3-4-8-13/h6-7,9H,3-5,8,13H2,1-2H3. The van der Waals surface area contributed by atoms with Crippen LogP contribution in [0.3, 0.4) is 0 Å². The molecule has 0 aliphatic carbocycles. The second-order valence-electron chi connectivity index (χ2n) is 3.89. The number of unbranched alkanes of at least 4 members (excludes halogenated alkanes) is 1. The Labute approximate surface area is 82.8 Å². The van der Waals surface area contributed by atoms with E-state index in [2.05, 4.69) is 39.9 Å². The van der Waals surface area contributed by atoms with Gasteiger partial charge >= 0.3 is 0 Å². The lowest BCUT2D eigenvalue weighted by Crippen LogP contribution is -1.90. The zero-order chi connectivity index (χ0) is 9.68. The van der Waals surface area contributed by atoms with Gasteiger partial charge < -0.3 is 0 Å². The van der Waals surface area contributed by atoms with Gasteiger partial charge in [0.2, 0.25) is 0 Å². The highest BCUT2D eigenvalue weighted by molar-refractivity contribution is 6.08. The molecule has 1 heteroatoms. The van der Waals surface area contributed by atoms with Gasteiger partial charge in [-0.3, -0.25) is 0 Å². The molecule has 0 heterocycles. The first-order chi connectivity index (χ1) is 6.24. The smallest absolute Gasteiger partial charge is 0.0810 e. The van der Waals surface area contributed by atoms with E-state index < -0.39 is 0 Å². The average Bonchev–Trinajstić information content (AvgIpc) is 2.11. The van der Waals surface area contributed by atoms with Crippen LogP contribution < -0.4 is 0 Å². The predicted octanol–water partition coefficient (Wildman–Crippen LogP) is 2.68. The maximum atomic E-state index is 2.32. The van der Waals surface area contributed by atoms with Gasteiger partial charge in [0.1, 0.15) is 7.85 Å². The molecule has 0 aromatic heterocycles. The maximum Gasteiger partial charge on any atom is 0.101 e. The summed E-state index contributed by atoms with van der Waals surface area (Å²) in [4.78, 5) is 0. The summed E-state index contributed by atoms with van der Waals surface area (Å²) < 4.78 is 0. The molecule has 0 aliphatic heterocycles. The largest absolute Gasteiger partial charge is 0.101 e. The normalized spacial score (nSPS) is 10.3. The Balaban J connectivity index is 2.59. The molecule has 0 amide bonds. The summed E-state index contributed by atoms with van der Waals surface area (Å²) in [6, 6.07) is 6.75. The van der Waals surface area contributed by atoms with Gasteiger partial charge in [-0.2, -0.15) is 0 Å². The van der Waals surface area contributed by atoms with Gasteiger partial charge in [0.25, 0.3) is 0 Å². The third kappa shape index (κ3) is 3.26. The highest BCUT2D eigenvalue weighted by atomic mass is 14.0. The van der Waals surface area contributed by atoms with Crippen LogP contribution >= 0.6 is 0 Å². The Hall–Kier alpha value is -0.715. The molecular weight excluding hydrogens is 155 g/mol. The van der Waals surface area contributed by atoms with Gasteiger partial charge in [0.05, 0.1) is 0 Å². The minimum Gasteiger partial charge on any atom is -0.0810 e. The zero-order valence-corrected chi connectivity index (χ0v) is 9.06. The van der Waals surface area contributed by atoms with Gasteiger partial charge in [0.15, 0.2) is 0 Å². The summed E-state index contributed by atoms with van der Waals surface area (Å²) in [5.74, 6) is 0. The minimum atomic E-state index is 1.25. The third-order valence-electron chi connectivity index (χ3n) is 2.55. The fourth-order valence-corrected chi connectivity index (χ4v) is 1.64. The van der Waals surface area contributed by atoms with Gasteiger partial charge in [-0.15, -0.1) is 0 Å². The highest BCUT2D eigenvalue weighted by Gasteiger charge is 1.97. The molecule has 13 heavy (non-hydrogen) atoms. The van der Waals surface area contributed by atoms with E-state index in [0.717, 1.165) is 0 Å². The van der Waals surface area contributed by atoms with Crippen molar-refractivity contribution in [1.29, 1.82) is 0 Å². The summed E-state index contributed by atoms with van der Waals surface area (Å²) in [7, 11) is 2.25. The van der Waals surface area contributed by atoms with Crippen LogP contribution in [0.25, 0.3) is 0 Å². The Morgan fingerprint density at radius 3 is 2.62 bits per heavy atom. The van der Waals surface area contributed by atoms with Crippen LogP contribution in [-0.4, -0.2) is 7.85 Å². The Morgan fingerprint density at radius 2 is 1.92 bits per heavy atom. The summed E-state index contributed by atoms with van der Waals surface area (Å²) in [6.07, 6.45) is 5.25. The number of hydrogen-bond acceptors (Lipinski definition) is 0. The molecule has 1 aromatic rings. The first kappa shape index (κ1) is 10.4. The molecular formula is C12H19B. The fourth-order valence-electron chi connectivity index (χ4n) is 1.64. The van der Waals surface area contributed by atoms with Crippen LogP contribution in [0, 0.1) is 13.8 Å². The van der Waals surface area contributed by atoms with E-state index in [1.165, 1.54) is 42.3 Å². The quantitative estimate of drug-likeness (QED) is 0.486. The van der Waals surface area contributed by atoms with Crippen molar-refractivity contribution < 1.29 is 0 Å². The predicted molar refractivity (Wildman–Crippen MR) is 62.2 cm³/mol. The number of rotatable bonds is 4. The van der Waals surface area contributed by atoms with Crippen molar-refractivity contribution in [2.45, 2.75) is 39.4 Å². The summed E-state index contributed by atoms with van der Waals surface area (Å²) in [5, 5.41) is 0. The highest BCUT2D eigenvalue weighted by Crippen LogP contribution is 2.13. The number of aryl methyl sites for hydroxylation is 3. The monoisotopic (exact) mass is 174 g/mol. The van der Waals surface area contributed by atoms with Crippen molar-refractivity contribution in [3.8, 4) is 0 Å². The Bertz CT molecular complexity index is 266. The van der Waals surface area contributed by atoms with E-state index in [-0.39, 0.29) is 0 Å². The lowest BCUT2D eigenvalue weighted by Gasteiger charge is -2.06. The molecule has 0 nitrogen and oxygen atoms in total. The van der Waals surface area contributed by atoms with Crippen LogP contribution in [0.15, 0.2) is 18.2 Å². The number of benzene rings is 1. The average molecular weight is 174 g/mol. The minimum absolute atomic E-state index is 1.25. The van der Waals surface area contributed by atoms with E-state index in [0.29, 0.717) is 0 Å². The van der Waals surface area contributed by atoms with Crippen molar-refractivity contribution in [2.75, 3.05) is 0 Å². The van der Waals surface area contributed by atoms with Crippen molar-refractivity contribution in [1.82, 2.24) is 0 Å². The molecule has 0 aliphatic rings. The van der Waals surface area contributed by atoms with Gasteiger partial charge in [-0.1, -0.05) is 36.5 Å². The Morgan fingerprint density at radius 1 is 1.15 bits per heavy atom. The van der Waals surface area contributed by atoms with Crippen LogP contribution in [0.2, 0.25) is 6.32 Å². The van der Waals surface area contributed by atoms with Crippen molar-refractivity contribution in [3.05, 3.63) is 34.9 Å². The van der Waals surface area contributed by atoms with Crippen molar-refractivity contribution >= 4 is 7.85 Å².